The first-order valence-electron chi connectivity index (χ1n) is 31.4. The SMILES string of the molecule is CC1(C)OB(c2ccc(-c3c(-c4ccc(B5OC(C)(C)C(C)(C)O5)o4)c(-c4ccc(B5OC(C)(C)C(C)(C)O5)o4)c(-c4ccc(B5OC(C)(C)C(C)(C)O5)o4)c(-c4ccc(B5OC(C)(C)C(C)(C)O5)o4)c3-c3ccc(B4OC(C)(C)C(C)(C)O4)o3)o2)OC1(C)C. The largest absolute Gasteiger partial charge is 0.532 e. The van der Waals surface area contributed by atoms with E-state index in [1.165, 1.54) is 0 Å². The standard InChI is InChI=1S/C66H84B6O18/c1-55(2)56(3,4)80-67(79-55)43-31-25-37(73-43)49-50(38-26-32-44(74-38)68-81-57(5,6)58(7,8)82-68)52(40-28-34-46(76-40)70-85-61(13,14)62(15,16)86-70)54(42-30-36-48(78-42)72-89-65(21,22)66(23,24)90-72)53(41-29-35-47(77-41)71-87-63(17,18)64(19,20)88-71)51(49)39-27-33-45(75-39)69-83-59(9,10)60(11,12)84-69/h25-36H,1-24H3. The minimum absolute atomic E-state index is 0.355. The van der Waals surface area contributed by atoms with Gasteiger partial charge in [0.1, 0.15) is 68.5 Å². The lowest BCUT2D eigenvalue weighted by Crippen LogP contribution is -2.41. The van der Waals surface area contributed by atoms with Gasteiger partial charge in [0.2, 0.25) is 0 Å². The van der Waals surface area contributed by atoms with Gasteiger partial charge in [-0.1, -0.05) is 0 Å². The van der Waals surface area contributed by atoms with Crippen LogP contribution in [0.15, 0.2) is 99.3 Å². The van der Waals surface area contributed by atoms with Gasteiger partial charge < -0.3 is 82.4 Å². The summed E-state index contributed by atoms with van der Waals surface area (Å²) in [7, 11) is -5.40. The van der Waals surface area contributed by atoms with Crippen LogP contribution in [0.25, 0.3) is 67.9 Å². The van der Waals surface area contributed by atoms with Crippen molar-refractivity contribution < 1.29 is 82.4 Å². The highest BCUT2D eigenvalue weighted by atomic mass is 16.7. The molecule has 6 aliphatic rings. The third kappa shape index (κ3) is 10.1. The van der Waals surface area contributed by atoms with Crippen molar-refractivity contribution in [2.75, 3.05) is 0 Å². The second-order valence-corrected chi connectivity index (χ2v) is 31.0. The zero-order valence-electron chi connectivity index (χ0n) is 56.7. The lowest BCUT2D eigenvalue weighted by Gasteiger charge is -2.32. The van der Waals surface area contributed by atoms with Gasteiger partial charge in [0.15, 0.2) is 0 Å². The molecule has 7 aromatic rings. The van der Waals surface area contributed by atoms with Gasteiger partial charge in [0.05, 0.1) is 67.2 Å². The summed E-state index contributed by atoms with van der Waals surface area (Å²) in [6.07, 6.45) is 0. The molecule has 0 amide bonds. The summed E-state index contributed by atoms with van der Waals surface area (Å²) in [6, 6.07) is 22.6. The van der Waals surface area contributed by atoms with Crippen molar-refractivity contribution in [3.8, 4) is 67.9 Å². The first kappa shape index (κ1) is 63.6. The average molecular weight is 1230 g/mol. The van der Waals surface area contributed by atoms with Crippen molar-refractivity contribution in [2.24, 2.45) is 0 Å². The minimum Gasteiger partial charge on any atom is -0.465 e. The highest BCUT2D eigenvalue weighted by molar-refractivity contribution is 6.63. The Morgan fingerprint density at radius 3 is 0.367 bits per heavy atom. The first-order chi connectivity index (χ1) is 41.4. The fourth-order valence-electron chi connectivity index (χ4n) is 11.7. The van der Waals surface area contributed by atoms with Crippen LogP contribution >= 0.6 is 0 Å². The molecule has 13 rings (SSSR count). The monoisotopic (exact) mass is 1230 g/mol. The molecular weight excluding hydrogens is 1150 g/mol. The van der Waals surface area contributed by atoms with Crippen molar-refractivity contribution >= 4 is 76.7 Å². The first-order valence-corrected chi connectivity index (χ1v) is 31.4. The molecule has 0 N–H and O–H groups in total. The molecule has 0 atom stereocenters. The van der Waals surface area contributed by atoms with Crippen LogP contribution in [0.3, 0.4) is 0 Å². The van der Waals surface area contributed by atoms with Crippen molar-refractivity contribution in [1.29, 1.82) is 0 Å². The van der Waals surface area contributed by atoms with Gasteiger partial charge in [0.25, 0.3) is 0 Å². The van der Waals surface area contributed by atoms with Crippen LogP contribution in [-0.2, 0) is 55.9 Å². The normalized spacial score (nSPS) is 24.4. The van der Waals surface area contributed by atoms with Crippen molar-refractivity contribution in [1.82, 2.24) is 0 Å². The smallest absolute Gasteiger partial charge is 0.465 e. The fraction of sp³-hybridized carbons (Fsp3) is 0.545. The highest BCUT2D eigenvalue weighted by Gasteiger charge is 2.59. The lowest BCUT2D eigenvalue weighted by atomic mass is 9.81. The Labute approximate surface area is 530 Å². The zero-order chi connectivity index (χ0) is 65.1. The molecule has 0 unspecified atom stereocenters. The van der Waals surface area contributed by atoms with E-state index in [1.807, 2.05) is 239 Å². The minimum atomic E-state index is -0.900. The Morgan fingerprint density at radius 1 is 0.167 bits per heavy atom. The Hall–Kier alpha value is -5.19. The van der Waals surface area contributed by atoms with E-state index in [9.17, 15) is 0 Å². The molecule has 24 heteroatoms. The van der Waals surface area contributed by atoms with Crippen LogP contribution in [0.1, 0.15) is 166 Å². The van der Waals surface area contributed by atoms with Crippen molar-refractivity contribution in [2.45, 2.75) is 233 Å². The van der Waals surface area contributed by atoms with Gasteiger partial charge in [-0.2, -0.15) is 0 Å². The van der Waals surface area contributed by atoms with Gasteiger partial charge in [0, 0.05) is 33.4 Å². The van der Waals surface area contributed by atoms with E-state index < -0.39 is 110 Å². The van der Waals surface area contributed by atoms with Crippen LogP contribution in [0.2, 0.25) is 0 Å². The van der Waals surface area contributed by atoms with E-state index in [-0.39, 0.29) is 0 Å². The van der Waals surface area contributed by atoms with Gasteiger partial charge in [-0.3, -0.25) is 0 Å². The van der Waals surface area contributed by atoms with Gasteiger partial charge in [-0.05, 0) is 239 Å². The molecule has 6 aliphatic heterocycles. The number of hydrogen-bond acceptors (Lipinski definition) is 18. The third-order valence-corrected chi connectivity index (χ3v) is 21.7. The van der Waals surface area contributed by atoms with E-state index in [0.717, 1.165) is 0 Å². The van der Waals surface area contributed by atoms with Crippen LogP contribution in [0.5, 0.6) is 0 Å². The molecule has 0 bridgehead atoms. The molecule has 12 heterocycles. The van der Waals surface area contributed by atoms with Gasteiger partial charge in [-0.25, -0.2) is 0 Å². The predicted octanol–water partition coefficient (Wildman–Crippen LogP) is 11.0. The molecule has 6 saturated heterocycles. The molecule has 0 saturated carbocycles. The number of furan rings is 6. The summed E-state index contributed by atoms with van der Waals surface area (Å²) in [4.78, 5) is 0. The van der Waals surface area contributed by atoms with E-state index in [2.05, 4.69) is 0 Å². The molecule has 474 valence electrons. The Balaban J connectivity index is 1.16. The molecule has 18 nitrogen and oxygen atoms in total. The van der Waals surface area contributed by atoms with Crippen LogP contribution in [-0.4, -0.2) is 110 Å². The molecule has 6 aromatic heterocycles. The topological polar surface area (TPSA) is 190 Å². The maximum absolute atomic E-state index is 7.26. The second kappa shape index (κ2) is 20.2. The quantitative estimate of drug-likeness (QED) is 0.105. The third-order valence-electron chi connectivity index (χ3n) is 21.7. The average Bonchev–Trinajstić information content (AvgIpc) is 1.32. The van der Waals surface area contributed by atoms with E-state index in [4.69, 9.17) is 82.4 Å². The molecule has 1 aromatic carbocycles. The summed E-state index contributed by atoms with van der Waals surface area (Å²) in [5, 5.41) is 0. The van der Waals surface area contributed by atoms with Crippen LogP contribution < -0.4 is 34.0 Å². The maximum atomic E-state index is 7.26. The molecule has 6 fully saturated rings. The summed E-state index contributed by atoms with van der Waals surface area (Å²) in [5.74, 6) is 2.13. The van der Waals surface area contributed by atoms with E-state index >= 15 is 0 Å². The molecule has 0 spiro atoms. The Bertz CT molecular complexity index is 3170. The second-order valence-electron chi connectivity index (χ2n) is 31.0. The summed E-state index contributed by atoms with van der Waals surface area (Å²) in [5.41, 5.74) is -3.22. The molecule has 0 radical (unpaired) electrons. The van der Waals surface area contributed by atoms with E-state index in [1.54, 1.807) is 0 Å². The zero-order valence-corrected chi connectivity index (χ0v) is 56.7. The summed E-state index contributed by atoms with van der Waals surface area (Å²) >= 11 is 0. The van der Waals surface area contributed by atoms with Crippen molar-refractivity contribution in [3.05, 3.63) is 72.8 Å². The summed E-state index contributed by atoms with van der Waals surface area (Å²) < 4.78 is 124. The fourth-order valence-corrected chi connectivity index (χ4v) is 11.7. The number of hydrogen-bond donors (Lipinski definition) is 0. The van der Waals surface area contributed by atoms with E-state index in [0.29, 0.717) is 102 Å². The van der Waals surface area contributed by atoms with Gasteiger partial charge in [-0.15, -0.1) is 0 Å². The number of rotatable bonds is 12. The lowest BCUT2D eigenvalue weighted by molar-refractivity contribution is 0.00578. The predicted molar refractivity (Wildman–Crippen MR) is 347 cm³/mol. The Kier molecular flexibility index (Phi) is 14.2. The van der Waals surface area contributed by atoms with Gasteiger partial charge >= 0.3 is 42.7 Å². The van der Waals surface area contributed by atoms with Crippen molar-refractivity contribution in [3.63, 3.8) is 0 Å². The number of benzene rings is 1. The summed E-state index contributed by atoms with van der Waals surface area (Å²) in [6.45, 7) is 48.1. The maximum Gasteiger partial charge on any atom is 0.532 e. The Morgan fingerprint density at radius 2 is 0.267 bits per heavy atom. The molecular formula is C66H84B6O18. The molecule has 0 aliphatic carbocycles. The highest BCUT2D eigenvalue weighted by Crippen LogP contribution is 2.57. The molecule has 90 heavy (non-hydrogen) atoms. The van der Waals surface area contributed by atoms with Crippen LogP contribution in [0.4, 0.5) is 0 Å². The van der Waals surface area contributed by atoms with Crippen LogP contribution in [0, 0.1) is 0 Å².